The van der Waals surface area contributed by atoms with Crippen LogP contribution in [0.15, 0.2) is 90.2 Å². The van der Waals surface area contributed by atoms with Crippen molar-refractivity contribution in [2.24, 2.45) is 5.10 Å². The Morgan fingerprint density at radius 1 is 0.833 bits per heavy atom. The number of halogens is 1. The Balaban J connectivity index is 1.49. The van der Waals surface area contributed by atoms with E-state index in [1.165, 1.54) is 0 Å². The largest absolute Gasteiger partial charge is 0.256 e. The quantitative estimate of drug-likeness (QED) is 0.294. The van der Waals surface area contributed by atoms with Gasteiger partial charge in [-0.1, -0.05) is 60.1 Å². The summed E-state index contributed by atoms with van der Waals surface area (Å²) >= 11 is 6.18. The fourth-order valence-electron chi connectivity index (χ4n) is 3.29. The average Bonchev–Trinajstić information content (AvgIpc) is 2.79. The molecular formula is C24H16ClN5. The van der Waals surface area contributed by atoms with E-state index in [1.54, 1.807) is 12.4 Å². The number of nitrogens with zero attached hydrogens (tertiary/aromatic N) is 4. The maximum atomic E-state index is 6.18. The Bertz CT molecular complexity index is 1380. The van der Waals surface area contributed by atoms with Crippen molar-refractivity contribution >= 4 is 45.6 Å². The number of aromatic nitrogens is 3. The topological polar surface area (TPSA) is 63.1 Å². The van der Waals surface area contributed by atoms with Gasteiger partial charge in [-0.2, -0.15) is 5.10 Å². The molecule has 5 rings (SSSR count). The summed E-state index contributed by atoms with van der Waals surface area (Å²) in [6.07, 6.45) is 3.48. The number of nitrogens with one attached hydrogen (secondary N) is 1. The molecule has 5 aromatic rings. The summed E-state index contributed by atoms with van der Waals surface area (Å²) in [5, 5.41) is 6.92. The number of hydrazone groups is 1. The molecular weight excluding hydrogens is 394 g/mol. The molecule has 0 amide bonds. The molecule has 0 radical (unpaired) electrons. The van der Waals surface area contributed by atoms with Crippen LogP contribution in [0.4, 0.5) is 5.95 Å². The van der Waals surface area contributed by atoms with Crippen molar-refractivity contribution in [1.29, 1.82) is 0 Å². The highest BCUT2D eigenvalue weighted by Crippen LogP contribution is 2.29. The third-order valence-corrected chi connectivity index (χ3v) is 4.93. The van der Waals surface area contributed by atoms with Crippen LogP contribution in [0.1, 0.15) is 5.56 Å². The first-order valence-electron chi connectivity index (χ1n) is 9.43. The molecule has 2 heterocycles. The first-order valence-corrected chi connectivity index (χ1v) is 9.81. The first-order chi connectivity index (χ1) is 14.8. The lowest BCUT2D eigenvalue weighted by atomic mass is 10.1. The van der Waals surface area contributed by atoms with Crippen molar-refractivity contribution in [3.05, 3.63) is 95.6 Å². The van der Waals surface area contributed by atoms with Gasteiger partial charge in [0.25, 0.3) is 0 Å². The summed E-state index contributed by atoms with van der Waals surface area (Å²) in [6.45, 7) is 0. The van der Waals surface area contributed by atoms with Crippen LogP contribution in [-0.4, -0.2) is 21.2 Å². The minimum absolute atomic E-state index is 0.397. The summed E-state index contributed by atoms with van der Waals surface area (Å²) in [5.41, 5.74) is 7.34. The van der Waals surface area contributed by atoms with Gasteiger partial charge >= 0.3 is 0 Å². The Morgan fingerprint density at radius 2 is 1.67 bits per heavy atom. The van der Waals surface area contributed by atoms with Crippen LogP contribution < -0.4 is 5.43 Å². The number of hydrogen-bond donors (Lipinski definition) is 1. The summed E-state index contributed by atoms with van der Waals surface area (Å²) in [5.74, 6) is 0.397. The van der Waals surface area contributed by atoms with Crippen LogP contribution in [-0.2, 0) is 0 Å². The van der Waals surface area contributed by atoms with Gasteiger partial charge < -0.3 is 0 Å². The van der Waals surface area contributed by atoms with Crippen molar-refractivity contribution in [2.75, 3.05) is 5.43 Å². The van der Waals surface area contributed by atoms with Crippen LogP contribution in [0.3, 0.4) is 0 Å². The summed E-state index contributed by atoms with van der Waals surface area (Å²) in [4.78, 5) is 13.7. The van der Waals surface area contributed by atoms with Gasteiger partial charge in [-0.05, 0) is 30.3 Å². The number of pyridine rings is 1. The number of rotatable bonds is 4. The molecule has 6 heteroatoms. The van der Waals surface area contributed by atoms with Gasteiger partial charge in [-0.25, -0.2) is 15.4 Å². The zero-order valence-corrected chi connectivity index (χ0v) is 16.6. The average molecular weight is 410 g/mol. The van der Waals surface area contributed by atoms with E-state index in [2.05, 4.69) is 25.5 Å². The fourth-order valence-corrected chi connectivity index (χ4v) is 3.46. The summed E-state index contributed by atoms with van der Waals surface area (Å²) < 4.78 is 0. The third-order valence-electron chi connectivity index (χ3n) is 4.70. The van der Waals surface area contributed by atoms with Crippen molar-refractivity contribution < 1.29 is 0 Å². The molecule has 144 valence electrons. The number of benzene rings is 3. The van der Waals surface area contributed by atoms with Gasteiger partial charge in [0.15, 0.2) is 0 Å². The van der Waals surface area contributed by atoms with Crippen LogP contribution in [0.5, 0.6) is 0 Å². The van der Waals surface area contributed by atoms with E-state index in [0.717, 1.165) is 38.6 Å². The molecule has 0 fully saturated rings. The third kappa shape index (κ3) is 3.71. The predicted octanol–water partition coefficient (Wildman–Crippen LogP) is 5.94. The molecule has 0 unspecified atom stereocenters. The van der Waals surface area contributed by atoms with Crippen molar-refractivity contribution in [3.63, 3.8) is 0 Å². The van der Waals surface area contributed by atoms with E-state index in [-0.39, 0.29) is 0 Å². The molecule has 0 aliphatic carbocycles. The molecule has 0 spiro atoms. The van der Waals surface area contributed by atoms with Gasteiger partial charge in [0.2, 0.25) is 5.95 Å². The second-order valence-corrected chi connectivity index (χ2v) is 7.19. The van der Waals surface area contributed by atoms with Gasteiger partial charge in [-0.15, -0.1) is 0 Å². The Kier molecular flexibility index (Phi) is 4.79. The SMILES string of the molecule is Clc1ccc2c(-c3ccccc3)nc(NN=Cc3cnc4ccccc4c3)nc2c1. The minimum atomic E-state index is 0.397. The molecule has 30 heavy (non-hydrogen) atoms. The lowest BCUT2D eigenvalue weighted by Crippen LogP contribution is -2.00. The van der Waals surface area contributed by atoms with Crippen LogP contribution in [0.25, 0.3) is 33.1 Å². The van der Waals surface area contributed by atoms with Crippen LogP contribution in [0, 0.1) is 0 Å². The molecule has 0 aliphatic heterocycles. The first kappa shape index (κ1) is 18.2. The Morgan fingerprint density at radius 3 is 2.57 bits per heavy atom. The van der Waals surface area contributed by atoms with Gasteiger partial charge in [-0.3, -0.25) is 4.98 Å². The van der Waals surface area contributed by atoms with Crippen molar-refractivity contribution in [1.82, 2.24) is 15.0 Å². The van der Waals surface area contributed by atoms with E-state index in [0.29, 0.717) is 11.0 Å². The van der Waals surface area contributed by atoms with Crippen LogP contribution >= 0.6 is 11.6 Å². The number of anilines is 1. The maximum Gasteiger partial charge on any atom is 0.244 e. The maximum absolute atomic E-state index is 6.18. The van der Waals surface area contributed by atoms with Crippen molar-refractivity contribution in [2.45, 2.75) is 0 Å². The predicted molar refractivity (Wildman–Crippen MR) is 123 cm³/mol. The molecule has 5 nitrogen and oxygen atoms in total. The molecule has 0 atom stereocenters. The smallest absolute Gasteiger partial charge is 0.244 e. The molecule has 0 aliphatic rings. The van der Waals surface area contributed by atoms with Gasteiger partial charge in [0, 0.05) is 33.1 Å². The molecule has 3 aromatic carbocycles. The van der Waals surface area contributed by atoms with Gasteiger partial charge in [0.05, 0.1) is 22.9 Å². The molecule has 0 saturated heterocycles. The van der Waals surface area contributed by atoms with E-state index < -0.39 is 0 Å². The van der Waals surface area contributed by atoms with Gasteiger partial charge in [0.1, 0.15) is 0 Å². The van der Waals surface area contributed by atoms with Crippen LogP contribution in [0.2, 0.25) is 5.02 Å². The Labute approximate surface area is 178 Å². The number of para-hydroxylation sites is 1. The molecule has 0 saturated carbocycles. The Hall–Kier alpha value is -3.83. The monoisotopic (exact) mass is 409 g/mol. The highest BCUT2D eigenvalue weighted by molar-refractivity contribution is 6.31. The number of hydrogen-bond acceptors (Lipinski definition) is 5. The number of fused-ring (bicyclic) bond motifs is 2. The fraction of sp³-hybridized carbons (Fsp3) is 0. The van der Waals surface area contributed by atoms with E-state index >= 15 is 0 Å². The van der Waals surface area contributed by atoms with E-state index in [4.69, 9.17) is 11.6 Å². The molecule has 0 bridgehead atoms. The zero-order valence-electron chi connectivity index (χ0n) is 15.8. The lowest BCUT2D eigenvalue weighted by molar-refractivity contribution is 1.16. The van der Waals surface area contributed by atoms with E-state index in [1.807, 2.05) is 78.9 Å². The minimum Gasteiger partial charge on any atom is -0.256 e. The molecule has 1 N–H and O–H groups in total. The second-order valence-electron chi connectivity index (χ2n) is 6.75. The van der Waals surface area contributed by atoms with Crippen molar-refractivity contribution in [3.8, 4) is 11.3 Å². The molecule has 2 aromatic heterocycles. The second kappa shape index (κ2) is 7.89. The summed E-state index contributed by atoms with van der Waals surface area (Å²) in [7, 11) is 0. The highest BCUT2D eigenvalue weighted by Gasteiger charge is 2.10. The highest BCUT2D eigenvalue weighted by atomic mass is 35.5. The lowest BCUT2D eigenvalue weighted by Gasteiger charge is -2.09. The summed E-state index contributed by atoms with van der Waals surface area (Å²) in [6, 6.07) is 25.6. The van der Waals surface area contributed by atoms with E-state index in [9.17, 15) is 0 Å². The zero-order chi connectivity index (χ0) is 20.3. The normalized spacial score (nSPS) is 11.4. The standard InChI is InChI=1S/C24H16ClN5/c25-19-10-11-20-22(13-19)28-24(29-23(20)17-6-2-1-3-7-17)30-27-15-16-12-18-8-4-5-9-21(18)26-14-16/h1-15H,(H,28,29,30).